The van der Waals surface area contributed by atoms with Gasteiger partial charge in [0.2, 0.25) is 0 Å². The fourth-order valence-electron chi connectivity index (χ4n) is 2.11. The van der Waals surface area contributed by atoms with Crippen molar-refractivity contribution >= 4 is 39.7 Å². The van der Waals surface area contributed by atoms with E-state index in [2.05, 4.69) is 10.3 Å². The zero-order valence-corrected chi connectivity index (χ0v) is 14.5. The number of aromatic carboxylic acids is 1. The number of carboxylic acids is 1. The number of hydrogen-bond acceptors (Lipinski definition) is 7. The topological polar surface area (TPSA) is 127 Å². The Morgan fingerprint density at radius 2 is 1.85 bits per heavy atom. The van der Waals surface area contributed by atoms with Crippen molar-refractivity contribution in [1.82, 2.24) is 4.98 Å². The number of rotatable bonds is 4. The number of thiophene rings is 1. The highest BCUT2D eigenvalue weighted by Crippen LogP contribution is 2.31. The number of carboxylic acid groups (broad SMARTS) is 1. The molecule has 0 aliphatic heterocycles. The van der Waals surface area contributed by atoms with Crippen LogP contribution >= 0.6 is 22.7 Å². The number of benzene rings is 1. The van der Waals surface area contributed by atoms with Gasteiger partial charge >= 0.3 is 5.97 Å². The summed E-state index contributed by atoms with van der Waals surface area (Å²) >= 11 is 1.86. The van der Waals surface area contributed by atoms with Gasteiger partial charge in [-0.05, 0) is 24.3 Å². The number of nitriles is 2. The average molecular weight is 380 g/mol. The Balaban J connectivity index is 1.89. The first-order valence-corrected chi connectivity index (χ1v) is 8.71. The quantitative estimate of drug-likeness (QED) is 0.712. The van der Waals surface area contributed by atoms with Gasteiger partial charge in [-0.25, -0.2) is 9.78 Å². The van der Waals surface area contributed by atoms with Gasteiger partial charge in [0, 0.05) is 5.56 Å². The number of carbonyl (C=O) groups is 2. The molecule has 0 atom stereocenters. The Labute approximate surface area is 155 Å². The normalized spacial score (nSPS) is 9.92. The van der Waals surface area contributed by atoms with Crippen molar-refractivity contribution in [3.63, 3.8) is 0 Å². The lowest BCUT2D eigenvalue weighted by Crippen LogP contribution is -2.09. The van der Waals surface area contributed by atoms with Crippen LogP contribution in [0.2, 0.25) is 0 Å². The van der Waals surface area contributed by atoms with Crippen molar-refractivity contribution < 1.29 is 14.7 Å². The van der Waals surface area contributed by atoms with Crippen molar-refractivity contribution in [2.75, 3.05) is 5.32 Å². The number of aromatic nitrogens is 1. The maximum atomic E-state index is 12.2. The molecule has 0 radical (unpaired) electrons. The number of carbonyl (C=O) groups excluding carboxylic acids is 1. The first kappa shape index (κ1) is 17.3. The van der Waals surface area contributed by atoms with Gasteiger partial charge in [-0.3, -0.25) is 10.1 Å². The summed E-state index contributed by atoms with van der Waals surface area (Å²) in [4.78, 5) is 28.0. The third-order valence-corrected chi connectivity index (χ3v) is 5.20. The molecule has 7 nitrogen and oxygen atoms in total. The van der Waals surface area contributed by atoms with Crippen LogP contribution in [-0.4, -0.2) is 22.0 Å². The summed E-state index contributed by atoms with van der Waals surface area (Å²) in [6.07, 6.45) is 0. The second kappa shape index (κ2) is 7.15. The minimum Gasteiger partial charge on any atom is -0.477 e. The third kappa shape index (κ3) is 3.44. The molecule has 0 unspecified atom stereocenters. The second-order valence-electron chi connectivity index (χ2n) is 4.92. The zero-order valence-electron chi connectivity index (χ0n) is 12.9. The number of amides is 1. The van der Waals surface area contributed by atoms with Crippen LogP contribution in [0, 0.1) is 22.7 Å². The monoisotopic (exact) mass is 380 g/mol. The molecule has 1 aromatic carbocycles. The van der Waals surface area contributed by atoms with E-state index in [9.17, 15) is 14.9 Å². The minimum absolute atomic E-state index is 0.0565. The maximum absolute atomic E-state index is 12.2. The second-order valence-corrected chi connectivity index (χ2v) is 7.01. The first-order chi connectivity index (χ1) is 12.5. The van der Waals surface area contributed by atoms with Crippen LogP contribution in [0.5, 0.6) is 0 Å². The Bertz CT molecular complexity index is 1100. The summed E-state index contributed by atoms with van der Waals surface area (Å²) in [5.74, 6) is -1.60. The summed E-state index contributed by atoms with van der Waals surface area (Å²) < 4.78 is 0. The van der Waals surface area contributed by atoms with E-state index in [1.807, 2.05) is 12.1 Å². The van der Waals surface area contributed by atoms with Crippen LogP contribution in [0.1, 0.15) is 29.8 Å². The number of nitrogens with zero attached hydrogens (tertiary/aromatic N) is 3. The van der Waals surface area contributed by atoms with E-state index in [1.165, 1.54) is 12.1 Å². The van der Waals surface area contributed by atoms with Crippen molar-refractivity contribution in [3.8, 4) is 23.4 Å². The van der Waals surface area contributed by atoms with Gasteiger partial charge in [0.15, 0.2) is 5.13 Å². The van der Waals surface area contributed by atoms with Gasteiger partial charge < -0.3 is 5.11 Å². The molecule has 26 heavy (non-hydrogen) atoms. The summed E-state index contributed by atoms with van der Waals surface area (Å²) in [5, 5.41) is 30.0. The molecule has 9 heteroatoms. The highest BCUT2D eigenvalue weighted by Gasteiger charge is 2.18. The molecule has 0 fully saturated rings. The molecule has 0 aliphatic carbocycles. The lowest BCUT2D eigenvalue weighted by atomic mass is 10.1. The van der Waals surface area contributed by atoms with E-state index >= 15 is 0 Å². The molecule has 0 bridgehead atoms. The molecule has 0 saturated heterocycles. The lowest BCUT2D eigenvalue weighted by Gasteiger charge is -1.99. The van der Waals surface area contributed by atoms with Gasteiger partial charge in [-0.2, -0.15) is 10.5 Å². The van der Waals surface area contributed by atoms with Crippen LogP contribution < -0.4 is 5.32 Å². The summed E-state index contributed by atoms with van der Waals surface area (Å²) in [7, 11) is 0. The van der Waals surface area contributed by atoms with Crippen molar-refractivity contribution in [3.05, 3.63) is 56.6 Å². The Morgan fingerprint density at radius 1 is 1.08 bits per heavy atom. The highest BCUT2D eigenvalue weighted by molar-refractivity contribution is 7.17. The number of nitrogens with one attached hydrogen (secondary N) is 1. The molecule has 0 saturated carbocycles. The molecule has 0 aliphatic rings. The fourth-order valence-corrected chi connectivity index (χ4v) is 3.63. The Hall–Kier alpha value is -3.53. The van der Waals surface area contributed by atoms with E-state index in [0.29, 0.717) is 21.7 Å². The van der Waals surface area contributed by atoms with E-state index in [-0.39, 0.29) is 14.9 Å². The highest BCUT2D eigenvalue weighted by atomic mass is 32.1. The van der Waals surface area contributed by atoms with Crippen molar-refractivity contribution in [2.45, 2.75) is 0 Å². The van der Waals surface area contributed by atoms with Crippen LogP contribution in [0.4, 0.5) is 5.13 Å². The third-order valence-electron chi connectivity index (χ3n) is 3.25. The van der Waals surface area contributed by atoms with E-state index < -0.39 is 11.9 Å². The van der Waals surface area contributed by atoms with Gasteiger partial charge in [0.25, 0.3) is 5.91 Å². The fraction of sp³-hybridized carbons (Fsp3) is 0. The predicted molar refractivity (Wildman–Crippen MR) is 96.2 cm³/mol. The average Bonchev–Trinajstić information content (AvgIpc) is 3.29. The minimum atomic E-state index is -1.10. The molecule has 126 valence electrons. The van der Waals surface area contributed by atoms with Gasteiger partial charge in [-0.15, -0.1) is 11.3 Å². The van der Waals surface area contributed by atoms with E-state index in [4.69, 9.17) is 10.4 Å². The molecule has 3 rings (SSSR count). The van der Waals surface area contributed by atoms with Crippen LogP contribution in [-0.2, 0) is 0 Å². The van der Waals surface area contributed by atoms with Crippen molar-refractivity contribution in [1.29, 1.82) is 10.5 Å². The molecular weight excluding hydrogens is 372 g/mol. The molecule has 3 aromatic rings. The number of thiazole rings is 1. The van der Waals surface area contributed by atoms with E-state index in [0.717, 1.165) is 22.7 Å². The Kier molecular flexibility index (Phi) is 4.76. The zero-order chi connectivity index (χ0) is 18.7. The smallest absolute Gasteiger partial charge is 0.345 e. The SMILES string of the molecule is N#Cc1cccc(-c2nc(NC(=O)c3ccc(C(=O)O)s3)sc2C#N)c1. The van der Waals surface area contributed by atoms with E-state index in [1.54, 1.807) is 24.3 Å². The number of anilines is 1. The largest absolute Gasteiger partial charge is 0.477 e. The molecular formula is C17H8N4O3S2. The van der Waals surface area contributed by atoms with Crippen LogP contribution in [0.25, 0.3) is 11.3 Å². The van der Waals surface area contributed by atoms with Gasteiger partial charge in [0.05, 0.1) is 16.5 Å². The molecule has 2 aromatic heterocycles. The van der Waals surface area contributed by atoms with Gasteiger partial charge in [-0.1, -0.05) is 23.5 Å². The summed E-state index contributed by atoms with van der Waals surface area (Å²) in [5.41, 5.74) is 1.41. The van der Waals surface area contributed by atoms with Gasteiger partial charge in [0.1, 0.15) is 21.5 Å². The van der Waals surface area contributed by atoms with Crippen LogP contribution in [0.15, 0.2) is 36.4 Å². The lowest BCUT2D eigenvalue weighted by molar-refractivity contribution is 0.0702. The predicted octanol–water partition coefficient (Wildman–Crippen LogP) is 3.57. The van der Waals surface area contributed by atoms with Crippen LogP contribution in [0.3, 0.4) is 0 Å². The maximum Gasteiger partial charge on any atom is 0.345 e. The first-order valence-electron chi connectivity index (χ1n) is 7.07. The molecule has 0 spiro atoms. The summed E-state index contributed by atoms with van der Waals surface area (Å²) in [6.45, 7) is 0. The Morgan fingerprint density at radius 3 is 2.50 bits per heavy atom. The summed E-state index contributed by atoms with van der Waals surface area (Å²) in [6, 6.07) is 13.5. The molecule has 2 heterocycles. The van der Waals surface area contributed by atoms with Crippen molar-refractivity contribution in [2.24, 2.45) is 0 Å². The number of hydrogen-bond donors (Lipinski definition) is 2. The molecule has 1 amide bonds. The standard InChI is InChI=1S/C17H8N4O3S2/c18-7-9-2-1-3-10(6-9)14-13(8-19)26-17(20-14)21-15(22)11-4-5-12(25-11)16(23)24/h1-6H,(H,23,24)(H,20,21,22). The molecule has 2 N–H and O–H groups in total.